The molecule has 0 saturated carbocycles. The number of aromatic nitrogens is 2. The quantitative estimate of drug-likeness (QED) is 0.806. The minimum Gasteiger partial charge on any atom is -0.466 e. The van der Waals surface area contributed by atoms with Gasteiger partial charge in [-0.1, -0.05) is 12.1 Å². The standard InChI is InChI=1S/C16H14FN3O2/c1-20-14-5-3-2-4-13(14)16(19-20)22-10-15(21)18-12-8-6-11(17)7-9-12/h2-9H,10H2,1H3,(H,18,21). The van der Waals surface area contributed by atoms with E-state index >= 15 is 0 Å². The Hall–Kier alpha value is -2.89. The smallest absolute Gasteiger partial charge is 0.262 e. The molecule has 0 aliphatic heterocycles. The number of nitrogens with one attached hydrogen (secondary N) is 1. The van der Waals surface area contributed by atoms with Gasteiger partial charge in [0.1, 0.15) is 5.82 Å². The Labute approximate surface area is 126 Å². The molecular weight excluding hydrogens is 285 g/mol. The van der Waals surface area contributed by atoms with Crippen LogP contribution in [-0.4, -0.2) is 22.3 Å². The molecule has 0 radical (unpaired) electrons. The lowest BCUT2D eigenvalue weighted by Crippen LogP contribution is -2.20. The van der Waals surface area contributed by atoms with Crippen LogP contribution in [0.1, 0.15) is 0 Å². The van der Waals surface area contributed by atoms with Gasteiger partial charge in [0.2, 0.25) is 5.88 Å². The molecule has 0 unspecified atom stereocenters. The SMILES string of the molecule is Cn1nc(OCC(=O)Nc2ccc(F)cc2)c2ccccc21. The van der Waals surface area contributed by atoms with Crippen molar-refractivity contribution in [1.29, 1.82) is 0 Å². The third-order valence-electron chi connectivity index (χ3n) is 3.19. The molecule has 3 rings (SSSR count). The number of carbonyl (C=O) groups excluding carboxylic acids is 1. The van der Waals surface area contributed by atoms with Gasteiger partial charge in [-0.3, -0.25) is 9.48 Å². The van der Waals surface area contributed by atoms with Crippen molar-refractivity contribution in [3.8, 4) is 5.88 Å². The summed E-state index contributed by atoms with van der Waals surface area (Å²) in [7, 11) is 1.81. The number of halogens is 1. The number of nitrogens with zero attached hydrogens (tertiary/aromatic N) is 2. The van der Waals surface area contributed by atoms with E-state index in [9.17, 15) is 9.18 Å². The Balaban J connectivity index is 1.66. The zero-order chi connectivity index (χ0) is 15.5. The molecule has 0 aliphatic carbocycles. The molecule has 1 heterocycles. The molecule has 5 nitrogen and oxygen atoms in total. The first kappa shape index (κ1) is 14.1. The summed E-state index contributed by atoms with van der Waals surface area (Å²) >= 11 is 0. The monoisotopic (exact) mass is 299 g/mol. The molecule has 0 bridgehead atoms. The number of aryl methyl sites for hydroxylation is 1. The maximum atomic E-state index is 12.8. The molecule has 6 heteroatoms. The van der Waals surface area contributed by atoms with Gasteiger partial charge >= 0.3 is 0 Å². The van der Waals surface area contributed by atoms with E-state index in [1.165, 1.54) is 24.3 Å². The topological polar surface area (TPSA) is 56.2 Å². The number of fused-ring (bicyclic) bond motifs is 1. The van der Waals surface area contributed by atoms with Crippen LogP contribution in [0.5, 0.6) is 5.88 Å². The molecule has 1 N–H and O–H groups in total. The number of carbonyl (C=O) groups is 1. The summed E-state index contributed by atoms with van der Waals surface area (Å²) in [6.07, 6.45) is 0. The maximum absolute atomic E-state index is 12.8. The summed E-state index contributed by atoms with van der Waals surface area (Å²) in [5.41, 5.74) is 1.44. The van der Waals surface area contributed by atoms with Gasteiger partial charge in [0.15, 0.2) is 6.61 Å². The van der Waals surface area contributed by atoms with Gasteiger partial charge in [0.25, 0.3) is 5.91 Å². The minimum atomic E-state index is -0.353. The van der Waals surface area contributed by atoms with Crippen molar-refractivity contribution in [3.63, 3.8) is 0 Å². The van der Waals surface area contributed by atoms with Crippen molar-refractivity contribution in [1.82, 2.24) is 9.78 Å². The van der Waals surface area contributed by atoms with E-state index in [2.05, 4.69) is 10.4 Å². The van der Waals surface area contributed by atoms with E-state index in [0.29, 0.717) is 11.6 Å². The normalized spacial score (nSPS) is 10.6. The number of ether oxygens (including phenoxy) is 1. The number of anilines is 1. The molecular formula is C16H14FN3O2. The van der Waals surface area contributed by atoms with Gasteiger partial charge in [-0.15, -0.1) is 5.10 Å². The Bertz CT molecular complexity index is 812. The summed E-state index contributed by atoms with van der Waals surface area (Å²) in [5, 5.41) is 7.72. The number of amides is 1. The number of rotatable bonds is 4. The van der Waals surface area contributed by atoms with E-state index in [4.69, 9.17) is 4.74 Å². The van der Waals surface area contributed by atoms with Crippen molar-refractivity contribution >= 4 is 22.5 Å². The summed E-state index contributed by atoms with van der Waals surface area (Å²) < 4.78 is 20.0. The van der Waals surface area contributed by atoms with E-state index in [0.717, 1.165) is 10.9 Å². The second-order valence-electron chi connectivity index (χ2n) is 4.79. The van der Waals surface area contributed by atoms with E-state index in [1.54, 1.807) is 4.68 Å². The summed E-state index contributed by atoms with van der Waals surface area (Å²) in [4.78, 5) is 11.8. The molecule has 1 amide bonds. The first-order chi connectivity index (χ1) is 10.6. The Morgan fingerprint density at radius 1 is 1.23 bits per heavy atom. The Kier molecular flexibility index (Phi) is 3.74. The fraction of sp³-hybridized carbons (Fsp3) is 0.125. The maximum Gasteiger partial charge on any atom is 0.262 e. The van der Waals surface area contributed by atoms with Crippen molar-refractivity contribution in [3.05, 3.63) is 54.3 Å². The zero-order valence-electron chi connectivity index (χ0n) is 11.9. The number of hydrogen-bond acceptors (Lipinski definition) is 3. The van der Waals surface area contributed by atoms with Crippen LogP contribution in [0, 0.1) is 5.82 Å². The van der Waals surface area contributed by atoms with Crippen LogP contribution in [0.25, 0.3) is 10.9 Å². The average molecular weight is 299 g/mol. The highest BCUT2D eigenvalue weighted by Gasteiger charge is 2.11. The van der Waals surface area contributed by atoms with E-state index in [-0.39, 0.29) is 18.3 Å². The molecule has 0 spiro atoms. The van der Waals surface area contributed by atoms with Crippen LogP contribution < -0.4 is 10.1 Å². The lowest BCUT2D eigenvalue weighted by Gasteiger charge is -2.05. The fourth-order valence-electron chi connectivity index (χ4n) is 2.15. The van der Waals surface area contributed by atoms with Crippen LogP contribution in [0.3, 0.4) is 0 Å². The van der Waals surface area contributed by atoms with Gasteiger partial charge in [-0.2, -0.15) is 0 Å². The van der Waals surface area contributed by atoms with Crippen molar-refractivity contribution in [2.45, 2.75) is 0 Å². The highest BCUT2D eigenvalue weighted by molar-refractivity contribution is 5.92. The summed E-state index contributed by atoms with van der Waals surface area (Å²) in [6, 6.07) is 13.1. The Morgan fingerprint density at radius 3 is 2.73 bits per heavy atom. The average Bonchev–Trinajstić information content (AvgIpc) is 2.85. The van der Waals surface area contributed by atoms with E-state index < -0.39 is 0 Å². The first-order valence-electron chi connectivity index (χ1n) is 6.73. The van der Waals surface area contributed by atoms with Gasteiger partial charge in [0.05, 0.1) is 10.9 Å². The summed E-state index contributed by atoms with van der Waals surface area (Å²) in [5.74, 6) is -0.275. The molecule has 1 aromatic heterocycles. The van der Waals surface area contributed by atoms with Crippen molar-refractivity contribution in [2.75, 3.05) is 11.9 Å². The molecule has 3 aromatic rings. The molecule has 112 valence electrons. The Morgan fingerprint density at radius 2 is 1.95 bits per heavy atom. The first-order valence-corrected chi connectivity index (χ1v) is 6.73. The predicted molar refractivity (Wildman–Crippen MR) is 81.2 cm³/mol. The lowest BCUT2D eigenvalue weighted by atomic mass is 10.2. The fourth-order valence-corrected chi connectivity index (χ4v) is 2.15. The van der Waals surface area contributed by atoms with Crippen LogP contribution in [0.4, 0.5) is 10.1 Å². The van der Waals surface area contributed by atoms with Gasteiger partial charge in [-0.05, 0) is 36.4 Å². The second kappa shape index (κ2) is 5.85. The third kappa shape index (κ3) is 2.90. The van der Waals surface area contributed by atoms with E-state index in [1.807, 2.05) is 31.3 Å². The zero-order valence-corrected chi connectivity index (χ0v) is 11.9. The second-order valence-corrected chi connectivity index (χ2v) is 4.79. The number of hydrogen-bond donors (Lipinski definition) is 1. The minimum absolute atomic E-state index is 0.168. The third-order valence-corrected chi connectivity index (χ3v) is 3.19. The molecule has 0 saturated heterocycles. The predicted octanol–water partition coefficient (Wildman–Crippen LogP) is 2.73. The molecule has 0 fully saturated rings. The van der Waals surface area contributed by atoms with Crippen LogP contribution in [0.15, 0.2) is 48.5 Å². The highest BCUT2D eigenvalue weighted by Crippen LogP contribution is 2.23. The van der Waals surface area contributed by atoms with Crippen LogP contribution in [0.2, 0.25) is 0 Å². The highest BCUT2D eigenvalue weighted by atomic mass is 19.1. The van der Waals surface area contributed by atoms with Crippen LogP contribution in [-0.2, 0) is 11.8 Å². The molecule has 0 aliphatic rings. The largest absolute Gasteiger partial charge is 0.466 e. The van der Waals surface area contributed by atoms with Crippen LogP contribution >= 0.6 is 0 Å². The van der Waals surface area contributed by atoms with Gasteiger partial charge < -0.3 is 10.1 Å². The number of para-hydroxylation sites is 1. The molecule has 2 aromatic carbocycles. The molecule has 0 atom stereocenters. The molecule has 22 heavy (non-hydrogen) atoms. The summed E-state index contributed by atoms with van der Waals surface area (Å²) in [6.45, 7) is -0.168. The van der Waals surface area contributed by atoms with Crippen molar-refractivity contribution in [2.24, 2.45) is 7.05 Å². The van der Waals surface area contributed by atoms with Gasteiger partial charge in [0, 0.05) is 12.7 Å². The lowest BCUT2D eigenvalue weighted by molar-refractivity contribution is -0.118. The van der Waals surface area contributed by atoms with Gasteiger partial charge in [-0.25, -0.2) is 4.39 Å². The van der Waals surface area contributed by atoms with Crippen molar-refractivity contribution < 1.29 is 13.9 Å². The number of benzene rings is 2.